The largest absolute Gasteiger partial charge is 0.494 e. The van der Waals surface area contributed by atoms with E-state index >= 15 is 0 Å². The van der Waals surface area contributed by atoms with Crippen LogP contribution < -0.4 is 10.1 Å². The SMILES string of the molecule is C=CC[C@@]1(C(=O)NCC(c2ccccc2)c2ccccc2)N=C(c2ccc(OCCCO)cc2)O[C@@H]1c1ccccc1Br. The average Bonchev–Trinajstić information content (AvgIpc) is 3.43. The van der Waals surface area contributed by atoms with E-state index in [0.29, 0.717) is 31.2 Å². The number of halogens is 1. The molecular formula is C36H35BrN2O4. The van der Waals surface area contributed by atoms with Gasteiger partial charge >= 0.3 is 0 Å². The fraction of sp³-hybridized carbons (Fsp3) is 0.222. The molecule has 0 radical (unpaired) electrons. The molecule has 220 valence electrons. The number of aliphatic hydroxyl groups excluding tert-OH is 1. The molecule has 0 fully saturated rings. The van der Waals surface area contributed by atoms with Gasteiger partial charge in [-0.25, -0.2) is 4.99 Å². The zero-order valence-corrected chi connectivity index (χ0v) is 25.5. The van der Waals surface area contributed by atoms with Gasteiger partial charge in [-0.05, 0) is 41.5 Å². The molecule has 4 aromatic rings. The first-order valence-corrected chi connectivity index (χ1v) is 15.2. The molecule has 0 bridgehead atoms. The van der Waals surface area contributed by atoms with Crippen molar-refractivity contribution in [3.63, 3.8) is 0 Å². The van der Waals surface area contributed by atoms with Crippen molar-refractivity contribution >= 4 is 27.7 Å². The topological polar surface area (TPSA) is 80.2 Å². The van der Waals surface area contributed by atoms with E-state index in [-0.39, 0.29) is 24.9 Å². The fourth-order valence-corrected chi connectivity index (χ4v) is 5.84. The number of benzene rings is 4. The third-order valence-corrected chi connectivity index (χ3v) is 8.27. The fourth-order valence-electron chi connectivity index (χ4n) is 5.35. The Bertz CT molecular complexity index is 1500. The van der Waals surface area contributed by atoms with Crippen LogP contribution in [0.25, 0.3) is 0 Å². The first kappa shape index (κ1) is 30.3. The van der Waals surface area contributed by atoms with Crippen LogP contribution in [0.5, 0.6) is 5.75 Å². The Morgan fingerprint density at radius 2 is 1.60 bits per heavy atom. The molecule has 7 heteroatoms. The van der Waals surface area contributed by atoms with Crippen LogP contribution in [0.15, 0.2) is 131 Å². The predicted molar refractivity (Wildman–Crippen MR) is 173 cm³/mol. The summed E-state index contributed by atoms with van der Waals surface area (Å²) in [6.45, 7) is 4.87. The molecule has 1 heterocycles. The summed E-state index contributed by atoms with van der Waals surface area (Å²) >= 11 is 3.67. The van der Waals surface area contributed by atoms with Crippen LogP contribution in [0.4, 0.5) is 0 Å². The smallest absolute Gasteiger partial charge is 0.252 e. The lowest BCUT2D eigenvalue weighted by Crippen LogP contribution is -2.49. The maximum Gasteiger partial charge on any atom is 0.252 e. The van der Waals surface area contributed by atoms with Gasteiger partial charge in [-0.1, -0.05) is 101 Å². The number of aliphatic hydroxyl groups is 1. The maximum atomic E-state index is 14.4. The highest BCUT2D eigenvalue weighted by molar-refractivity contribution is 9.10. The van der Waals surface area contributed by atoms with E-state index in [2.05, 4.69) is 52.1 Å². The normalized spacial score (nSPS) is 17.7. The summed E-state index contributed by atoms with van der Waals surface area (Å²) < 4.78 is 13.1. The summed E-state index contributed by atoms with van der Waals surface area (Å²) in [7, 11) is 0. The van der Waals surface area contributed by atoms with Gasteiger partial charge in [0.15, 0.2) is 11.6 Å². The number of ether oxygens (including phenoxy) is 2. The molecule has 0 aromatic heterocycles. The van der Waals surface area contributed by atoms with Crippen molar-refractivity contribution in [1.29, 1.82) is 0 Å². The number of aliphatic imine (C=N–C) groups is 1. The monoisotopic (exact) mass is 638 g/mol. The second-order valence-electron chi connectivity index (χ2n) is 10.4. The second kappa shape index (κ2) is 14.3. The van der Waals surface area contributed by atoms with Crippen molar-refractivity contribution in [2.75, 3.05) is 19.8 Å². The van der Waals surface area contributed by atoms with Crippen LogP contribution in [-0.4, -0.2) is 42.2 Å². The van der Waals surface area contributed by atoms with Gasteiger partial charge < -0.3 is 19.9 Å². The van der Waals surface area contributed by atoms with Crippen molar-refractivity contribution in [1.82, 2.24) is 5.32 Å². The highest BCUT2D eigenvalue weighted by Gasteiger charge is 2.53. The van der Waals surface area contributed by atoms with Crippen molar-refractivity contribution < 1.29 is 19.4 Å². The van der Waals surface area contributed by atoms with Gasteiger partial charge in [-0.3, -0.25) is 4.79 Å². The van der Waals surface area contributed by atoms with Crippen LogP contribution in [0.3, 0.4) is 0 Å². The van der Waals surface area contributed by atoms with E-state index in [0.717, 1.165) is 26.7 Å². The van der Waals surface area contributed by atoms with Gasteiger partial charge in [0.2, 0.25) is 5.90 Å². The number of carbonyl (C=O) groups excluding carboxylic acids is 1. The zero-order valence-electron chi connectivity index (χ0n) is 23.9. The van der Waals surface area contributed by atoms with E-state index < -0.39 is 11.6 Å². The summed E-state index contributed by atoms with van der Waals surface area (Å²) in [4.78, 5) is 19.4. The molecule has 0 aliphatic carbocycles. The number of carbonyl (C=O) groups is 1. The number of nitrogens with zero attached hydrogens (tertiary/aromatic N) is 1. The highest BCUT2D eigenvalue weighted by atomic mass is 79.9. The van der Waals surface area contributed by atoms with Crippen molar-refractivity contribution in [3.05, 3.63) is 149 Å². The van der Waals surface area contributed by atoms with Gasteiger partial charge in [0, 0.05) is 47.5 Å². The molecule has 2 N–H and O–H groups in total. The molecule has 2 atom stereocenters. The Kier molecular flexibility index (Phi) is 10.1. The minimum Gasteiger partial charge on any atom is -0.494 e. The van der Waals surface area contributed by atoms with E-state index in [9.17, 15) is 4.79 Å². The van der Waals surface area contributed by atoms with Gasteiger partial charge in [0.05, 0.1) is 6.61 Å². The second-order valence-corrected chi connectivity index (χ2v) is 11.2. The summed E-state index contributed by atoms with van der Waals surface area (Å²) in [5.74, 6) is 0.783. The molecule has 43 heavy (non-hydrogen) atoms. The molecule has 4 aromatic carbocycles. The number of hydrogen-bond donors (Lipinski definition) is 2. The van der Waals surface area contributed by atoms with Gasteiger partial charge in [0.1, 0.15) is 5.75 Å². The first-order chi connectivity index (χ1) is 21.1. The number of hydrogen-bond acceptors (Lipinski definition) is 5. The lowest BCUT2D eigenvalue weighted by molar-refractivity contribution is -0.128. The van der Waals surface area contributed by atoms with Crippen LogP contribution in [-0.2, 0) is 9.53 Å². The van der Waals surface area contributed by atoms with Gasteiger partial charge in [0.25, 0.3) is 5.91 Å². The maximum absolute atomic E-state index is 14.4. The minimum atomic E-state index is -1.28. The molecule has 1 aliphatic heterocycles. The quantitative estimate of drug-likeness (QED) is 0.122. The molecule has 5 rings (SSSR count). The average molecular weight is 640 g/mol. The molecule has 0 saturated heterocycles. The Morgan fingerprint density at radius 3 is 2.21 bits per heavy atom. The minimum absolute atomic E-state index is 0.0433. The zero-order chi connectivity index (χ0) is 30.1. The highest BCUT2D eigenvalue weighted by Crippen LogP contribution is 2.45. The third-order valence-electron chi connectivity index (χ3n) is 7.54. The Morgan fingerprint density at radius 1 is 0.977 bits per heavy atom. The predicted octanol–water partition coefficient (Wildman–Crippen LogP) is 6.99. The van der Waals surface area contributed by atoms with Crippen LogP contribution in [0.2, 0.25) is 0 Å². The summed E-state index contributed by atoms with van der Waals surface area (Å²) in [5.41, 5.74) is 2.50. The molecule has 1 aliphatic rings. The van der Waals surface area contributed by atoms with Crippen molar-refractivity contribution in [3.8, 4) is 5.75 Å². The summed E-state index contributed by atoms with van der Waals surface area (Å²) in [6, 6.07) is 35.5. The Hall–Kier alpha value is -4.20. The number of nitrogens with one attached hydrogen (secondary N) is 1. The lowest BCUT2D eigenvalue weighted by atomic mass is 9.84. The number of amides is 1. The van der Waals surface area contributed by atoms with E-state index in [4.69, 9.17) is 19.6 Å². The van der Waals surface area contributed by atoms with E-state index in [1.807, 2.05) is 84.9 Å². The van der Waals surface area contributed by atoms with Crippen LogP contribution >= 0.6 is 15.9 Å². The Labute approximate surface area is 261 Å². The number of rotatable bonds is 13. The van der Waals surface area contributed by atoms with Crippen LogP contribution in [0.1, 0.15) is 47.1 Å². The standard InChI is InChI=1S/C36H35BrN2O4/c1-2-22-36(35(41)38-25-31(26-12-5-3-6-13-26)27-14-7-4-8-15-27)33(30-16-9-10-17-32(30)37)43-34(39-36)28-18-20-29(21-19-28)42-24-11-23-40/h2-10,12-21,31,33,40H,1,11,22-25H2,(H,38,41)/t33-,36-/m1/s1. The summed E-state index contributed by atoms with van der Waals surface area (Å²) in [5, 5.41) is 12.3. The molecular weight excluding hydrogens is 604 g/mol. The van der Waals surface area contributed by atoms with E-state index in [1.54, 1.807) is 6.08 Å². The Balaban J connectivity index is 1.49. The molecule has 0 spiro atoms. The summed E-state index contributed by atoms with van der Waals surface area (Å²) in [6.07, 6.45) is 1.87. The van der Waals surface area contributed by atoms with Crippen molar-refractivity contribution in [2.24, 2.45) is 4.99 Å². The molecule has 0 saturated carbocycles. The lowest BCUT2D eigenvalue weighted by Gasteiger charge is -2.31. The van der Waals surface area contributed by atoms with Crippen molar-refractivity contribution in [2.45, 2.75) is 30.4 Å². The van der Waals surface area contributed by atoms with Gasteiger partial charge in [-0.15, -0.1) is 6.58 Å². The molecule has 6 nitrogen and oxygen atoms in total. The van der Waals surface area contributed by atoms with E-state index in [1.165, 1.54) is 0 Å². The molecule has 0 unspecified atom stereocenters. The first-order valence-electron chi connectivity index (χ1n) is 14.4. The third kappa shape index (κ3) is 6.90. The molecule has 1 amide bonds. The van der Waals surface area contributed by atoms with Gasteiger partial charge in [-0.2, -0.15) is 0 Å². The van der Waals surface area contributed by atoms with Crippen LogP contribution in [0, 0.1) is 0 Å².